The Morgan fingerprint density at radius 1 is 1.06 bits per heavy atom. The molecule has 6 rings (SSSR count). The summed E-state index contributed by atoms with van der Waals surface area (Å²) in [6.45, 7) is 3.35. The Hall–Kier alpha value is -4.21. The van der Waals surface area contributed by atoms with E-state index in [1.54, 1.807) is 29.3 Å². The second-order valence-corrected chi connectivity index (χ2v) is 8.35. The van der Waals surface area contributed by atoms with Gasteiger partial charge in [0, 0.05) is 13.1 Å². The minimum Gasteiger partial charge on any atom is -0.461 e. The highest BCUT2D eigenvalue weighted by Gasteiger charge is 2.43. The molecule has 1 fully saturated rings. The first-order chi connectivity index (χ1) is 16.1. The minimum absolute atomic E-state index is 0.0193. The fraction of sp³-hybridized carbons (Fsp3) is 0.261. The van der Waals surface area contributed by atoms with Crippen LogP contribution in [-0.2, 0) is 10.3 Å². The fourth-order valence-electron chi connectivity index (χ4n) is 4.57. The van der Waals surface area contributed by atoms with Crippen molar-refractivity contribution < 1.29 is 9.21 Å². The van der Waals surface area contributed by atoms with Crippen molar-refractivity contribution in [1.29, 1.82) is 0 Å². The third-order valence-electron chi connectivity index (χ3n) is 6.34. The van der Waals surface area contributed by atoms with E-state index in [0.717, 1.165) is 31.5 Å². The van der Waals surface area contributed by atoms with Crippen LogP contribution in [0.5, 0.6) is 0 Å². The summed E-state index contributed by atoms with van der Waals surface area (Å²) < 4.78 is 8.57. The maximum absolute atomic E-state index is 13.9. The van der Waals surface area contributed by atoms with Crippen molar-refractivity contribution in [1.82, 2.24) is 34.3 Å². The van der Waals surface area contributed by atoms with E-state index >= 15 is 0 Å². The van der Waals surface area contributed by atoms with Crippen LogP contribution >= 0.6 is 0 Å². The molecule has 33 heavy (non-hydrogen) atoms. The molecule has 2 N–H and O–H groups in total. The van der Waals surface area contributed by atoms with Crippen LogP contribution in [0, 0.1) is 0 Å². The van der Waals surface area contributed by atoms with Crippen LogP contribution < -0.4 is 5.73 Å². The molecule has 5 aromatic rings. The van der Waals surface area contributed by atoms with Crippen LogP contribution in [0.25, 0.3) is 28.3 Å². The van der Waals surface area contributed by atoms with E-state index in [9.17, 15) is 4.79 Å². The summed E-state index contributed by atoms with van der Waals surface area (Å²) in [5.74, 6) is 1.05. The lowest BCUT2D eigenvalue weighted by atomic mass is 9.90. The molecule has 0 bridgehead atoms. The third-order valence-corrected chi connectivity index (χ3v) is 6.34. The molecule has 0 saturated carbocycles. The number of hydrogen-bond acceptors (Lipinski definition) is 7. The standard InChI is InChI=1S/C23H22N8O2/c1-23(15-8-3-2-4-9-15,21(32)29-11-5-6-12-29)31-20-16(14-25-31)19-26-18(17-10-7-13-33-17)28-30(19)22(24)27-20/h2-4,7-10,13-14H,5-6,11-12H2,1H3,(H2,24,27). The van der Waals surface area contributed by atoms with Gasteiger partial charge in [-0.3, -0.25) is 4.79 Å². The van der Waals surface area contributed by atoms with Crippen LogP contribution in [0.4, 0.5) is 5.95 Å². The van der Waals surface area contributed by atoms with Crippen LogP contribution in [0.1, 0.15) is 25.3 Å². The van der Waals surface area contributed by atoms with Gasteiger partial charge in [0.15, 0.2) is 22.6 Å². The maximum Gasteiger partial charge on any atom is 0.254 e. The van der Waals surface area contributed by atoms with E-state index in [2.05, 4.69) is 20.2 Å². The lowest BCUT2D eigenvalue weighted by Gasteiger charge is -2.33. The summed E-state index contributed by atoms with van der Waals surface area (Å²) in [4.78, 5) is 25.0. The SMILES string of the molecule is CC(C(=O)N1CCCC1)(c1ccccc1)n1ncc2c1nc(N)n1nc(-c3ccco3)nc21. The zero-order chi connectivity index (χ0) is 22.6. The predicted octanol–water partition coefficient (Wildman–Crippen LogP) is 2.70. The predicted molar refractivity (Wildman–Crippen MR) is 121 cm³/mol. The molecule has 1 aliphatic rings. The molecular formula is C23H22N8O2. The van der Waals surface area contributed by atoms with Crippen LogP contribution in [0.15, 0.2) is 59.3 Å². The molecule has 1 unspecified atom stereocenters. The van der Waals surface area contributed by atoms with E-state index in [1.807, 2.05) is 42.2 Å². The summed E-state index contributed by atoms with van der Waals surface area (Å²) in [7, 11) is 0. The molecule has 1 saturated heterocycles. The highest BCUT2D eigenvalue weighted by atomic mass is 16.3. The number of fused-ring (bicyclic) bond motifs is 3. The molecule has 10 nitrogen and oxygen atoms in total. The average Bonchev–Trinajstić information content (AvgIpc) is 3.63. The largest absolute Gasteiger partial charge is 0.461 e. The Labute approximate surface area is 188 Å². The number of hydrogen-bond donors (Lipinski definition) is 1. The molecular weight excluding hydrogens is 420 g/mol. The molecule has 4 aromatic heterocycles. The highest BCUT2D eigenvalue weighted by molar-refractivity contribution is 5.94. The number of carbonyl (C=O) groups is 1. The van der Waals surface area contributed by atoms with Gasteiger partial charge >= 0.3 is 0 Å². The topological polar surface area (TPSA) is 120 Å². The lowest BCUT2D eigenvalue weighted by Crippen LogP contribution is -2.49. The third kappa shape index (κ3) is 2.83. The number of carbonyl (C=O) groups excluding carboxylic acids is 1. The Balaban J connectivity index is 1.59. The van der Waals surface area contributed by atoms with Gasteiger partial charge in [0.1, 0.15) is 0 Å². The van der Waals surface area contributed by atoms with Crippen molar-refractivity contribution in [2.75, 3.05) is 18.8 Å². The summed E-state index contributed by atoms with van der Waals surface area (Å²) in [5.41, 5.74) is 6.97. The van der Waals surface area contributed by atoms with Gasteiger partial charge in [-0.1, -0.05) is 30.3 Å². The molecule has 0 spiro atoms. The first kappa shape index (κ1) is 19.5. The molecule has 0 aliphatic carbocycles. The number of amides is 1. The van der Waals surface area contributed by atoms with Gasteiger partial charge in [-0.2, -0.15) is 14.6 Å². The first-order valence-electron chi connectivity index (χ1n) is 10.9. The molecule has 1 aromatic carbocycles. The Kier molecular flexibility index (Phi) is 4.22. The fourth-order valence-corrected chi connectivity index (χ4v) is 4.57. The number of nitrogens with zero attached hydrogens (tertiary/aromatic N) is 7. The van der Waals surface area contributed by atoms with Crippen molar-refractivity contribution in [3.05, 3.63) is 60.5 Å². The second-order valence-electron chi connectivity index (χ2n) is 8.35. The van der Waals surface area contributed by atoms with Gasteiger partial charge in [0.25, 0.3) is 5.91 Å². The van der Waals surface area contributed by atoms with Crippen molar-refractivity contribution in [2.45, 2.75) is 25.3 Å². The zero-order valence-corrected chi connectivity index (χ0v) is 18.0. The zero-order valence-electron chi connectivity index (χ0n) is 18.0. The van der Waals surface area contributed by atoms with E-state index < -0.39 is 5.54 Å². The van der Waals surface area contributed by atoms with Crippen LogP contribution in [0.3, 0.4) is 0 Å². The quantitative estimate of drug-likeness (QED) is 0.454. The summed E-state index contributed by atoms with van der Waals surface area (Å²) in [6, 6.07) is 13.2. The molecule has 5 heterocycles. The van der Waals surface area contributed by atoms with Crippen molar-refractivity contribution in [2.24, 2.45) is 0 Å². The Bertz CT molecular complexity index is 1460. The molecule has 1 amide bonds. The van der Waals surface area contributed by atoms with Gasteiger partial charge in [-0.05, 0) is 37.5 Å². The monoisotopic (exact) mass is 442 g/mol. The summed E-state index contributed by atoms with van der Waals surface area (Å²) in [5, 5.41) is 9.74. The number of benzene rings is 1. The number of likely N-dealkylation sites (tertiary alicyclic amines) is 1. The van der Waals surface area contributed by atoms with Crippen LogP contribution in [-0.4, -0.2) is 53.3 Å². The number of aromatic nitrogens is 6. The van der Waals surface area contributed by atoms with E-state index in [4.69, 9.17) is 10.2 Å². The smallest absolute Gasteiger partial charge is 0.254 e. The van der Waals surface area contributed by atoms with Gasteiger partial charge in [0.05, 0.1) is 17.8 Å². The first-order valence-corrected chi connectivity index (χ1v) is 10.9. The summed E-state index contributed by atoms with van der Waals surface area (Å²) >= 11 is 0. The number of furan rings is 1. The lowest BCUT2D eigenvalue weighted by molar-refractivity contribution is -0.137. The molecule has 0 radical (unpaired) electrons. The number of nitrogens with two attached hydrogens (primary N) is 1. The second kappa shape index (κ2) is 7.16. The maximum atomic E-state index is 13.9. The summed E-state index contributed by atoms with van der Waals surface area (Å²) in [6.07, 6.45) is 5.22. The van der Waals surface area contributed by atoms with Crippen molar-refractivity contribution in [3.63, 3.8) is 0 Å². The Morgan fingerprint density at radius 3 is 2.58 bits per heavy atom. The van der Waals surface area contributed by atoms with Crippen LogP contribution in [0.2, 0.25) is 0 Å². The van der Waals surface area contributed by atoms with Crippen molar-refractivity contribution in [3.8, 4) is 11.6 Å². The van der Waals surface area contributed by atoms with Gasteiger partial charge in [-0.25, -0.2) is 9.67 Å². The molecule has 1 aliphatic heterocycles. The highest BCUT2D eigenvalue weighted by Crippen LogP contribution is 2.33. The molecule has 10 heteroatoms. The van der Waals surface area contributed by atoms with Crippen molar-refractivity contribution >= 4 is 28.5 Å². The molecule has 166 valence electrons. The van der Waals surface area contributed by atoms with E-state index in [-0.39, 0.29) is 11.9 Å². The van der Waals surface area contributed by atoms with Gasteiger partial charge in [-0.15, -0.1) is 5.10 Å². The minimum atomic E-state index is -1.10. The number of rotatable bonds is 4. The van der Waals surface area contributed by atoms with Gasteiger partial charge < -0.3 is 15.1 Å². The average molecular weight is 442 g/mol. The van der Waals surface area contributed by atoms with E-state index in [1.165, 1.54) is 4.52 Å². The number of anilines is 1. The van der Waals surface area contributed by atoms with E-state index in [0.29, 0.717) is 28.3 Å². The Morgan fingerprint density at radius 2 is 1.85 bits per heavy atom. The van der Waals surface area contributed by atoms with Gasteiger partial charge in [0.2, 0.25) is 11.8 Å². The number of nitrogen functional groups attached to an aromatic ring is 1. The molecule has 1 atom stereocenters. The normalized spacial score (nSPS) is 16.0.